The molecule has 0 saturated carbocycles. The molecule has 0 aliphatic carbocycles. The highest BCUT2D eigenvalue weighted by molar-refractivity contribution is 5.93. The Balaban J connectivity index is 1.67. The number of piperidine rings is 1. The van der Waals surface area contributed by atoms with Gasteiger partial charge in [0.15, 0.2) is 0 Å². The maximum absolute atomic E-state index is 12.6. The number of imidazole rings is 1. The monoisotopic (exact) mass is 326 g/mol. The standard InChI is InChI=1S/C19H26N4O/c1-19(2,22-11-7-4-8-12-22)14-21-18(24)17-13-20-15-23(17)16-9-5-3-6-10-16/h3,5-6,9-10,13,15H,4,7-8,11-12,14H2,1-2H3,(H,21,24). The minimum atomic E-state index is -0.0820. The largest absolute Gasteiger partial charge is 0.349 e. The normalized spacial score (nSPS) is 16.1. The Morgan fingerprint density at radius 3 is 2.58 bits per heavy atom. The molecule has 1 aliphatic heterocycles. The van der Waals surface area contributed by atoms with Crippen molar-refractivity contribution in [1.82, 2.24) is 19.8 Å². The molecule has 5 heteroatoms. The fourth-order valence-corrected chi connectivity index (χ4v) is 3.26. The van der Waals surface area contributed by atoms with E-state index in [1.54, 1.807) is 12.5 Å². The summed E-state index contributed by atoms with van der Waals surface area (Å²) in [7, 11) is 0. The summed E-state index contributed by atoms with van der Waals surface area (Å²) in [6.45, 7) is 7.27. The van der Waals surface area contributed by atoms with Crippen LogP contribution in [0.15, 0.2) is 42.9 Å². The molecular formula is C19H26N4O. The molecule has 128 valence electrons. The molecule has 1 amide bonds. The Labute approximate surface area is 143 Å². The van der Waals surface area contributed by atoms with Gasteiger partial charge < -0.3 is 5.32 Å². The van der Waals surface area contributed by atoms with Crippen LogP contribution in [0.1, 0.15) is 43.6 Å². The number of carbonyl (C=O) groups excluding carboxylic acids is 1. The molecule has 0 radical (unpaired) electrons. The predicted octanol–water partition coefficient (Wildman–Crippen LogP) is 2.87. The molecule has 1 saturated heterocycles. The summed E-state index contributed by atoms with van der Waals surface area (Å²) in [5.74, 6) is -0.0820. The third kappa shape index (κ3) is 3.67. The zero-order valence-corrected chi connectivity index (χ0v) is 14.5. The molecule has 0 spiro atoms. The fourth-order valence-electron chi connectivity index (χ4n) is 3.26. The second kappa shape index (κ2) is 7.18. The molecule has 3 rings (SSSR count). The van der Waals surface area contributed by atoms with Crippen molar-refractivity contribution in [2.24, 2.45) is 0 Å². The van der Waals surface area contributed by atoms with Crippen molar-refractivity contribution in [3.05, 3.63) is 48.5 Å². The number of nitrogens with zero attached hydrogens (tertiary/aromatic N) is 3. The Morgan fingerprint density at radius 1 is 1.17 bits per heavy atom. The van der Waals surface area contributed by atoms with E-state index in [-0.39, 0.29) is 11.4 Å². The zero-order chi connectivity index (χ0) is 17.0. The lowest BCUT2D eigenvalue weighted by Crippen LogP contribution is -2.53. The van der Waals surface area contributed by atoms with Gasteiger partial charge in [0.05, 0.1) is 12.5 Å². The van der Waals surface area contributed by atoms with E-state index >= 15 is 0 Å². The van der Waals surface area contributed by atoms with Crippen LogP contribution in [-0.2, 0) is 0 Å². The molecule has 2 heterocycles. The van der Waals surface area contributed by atoms with Crippen LogP contribution in [0.3, 0.4) is 0 Å². The lowest BCUT2D eigenvalue weighted by atomic mass is 9.98. The van der Waals surface area contributed by atoms with Crippen molar-refractivity contribution in [2.75, 3.05) is 19.6 Å². The Bertz CT molecular complexity index is 672. The minimum absolute atomic E-state index is 0.0340. The maximum Gasteiger partial charge on any atom is 0.269 e. The van der Waals surface area contributed by atoms with Gasteiger partial charge in [-0.3, -0.25) is 14.3 Å². The highest BCUT2D eigenvalue weighted by Gasteiger charge is 2.28. The highest BCUT2D eigenvalue weighted by Crippen LogP contribution is 2.20. The predicted molar refractivity (Wildman–Crippen MR) is 95.4 cm³/mol. The summed E-state index contributed by atoms with van der Waals surface area (Å²) in [5, 5.41) is 3.09. The average molecular weight is 326 g/mol. The van der Waals surface area contributed by atoms with Crippen LogP contribution in [-0.4, -0.2) is 45.5 Å². The van der Waals surface area contributed by atoms with Gasteiger partial charge in [-0.15, -0.1) is 0 Å². The second-order valence-corrected chi connectivity index (χ2v) is 7.03. The highest BCUT2D eigenvalue weighted by atomic mass is 16.2. The topological polar surface area (TPSA) is 50.2 Å². The van der Waals surface area contributed by atoms with E-state index in [9.17, 15) is 4.79 Å². The number of rotatable bonds is 5. The van der Waals surface area contributed by atoms with Crippen LogP contribution in [0.25, 0.3) is 5.69 Å². The van der Waals surface area contributed by atoms with Gasteiger partial charge >= 0.3 is 0 Å². The van der Waals surface area contributed by atoms with E-state index in [0.717, 1.165) is 18.8 Å². The van der Waals surface area contributed by atoms with Gasteiger partial charge in [-0.25, -0.2) is 4.98 Å². The van der Waals surface area contributed by atoms with Gasteiger partial charge in [0.1, 0.15) is 5.69 Å². The third-order valence-corrected chi connectivity index (χ3v) is 4.80. The number of hydrogen-bond acceptors (Lipinski definition) is 3. The summed E-state index contributed by atoms with van der Waals surface area (Å²) in [4.78, 5) is 19.3. The Hall–Kier alpha value is -2.14. The molecule has 1 aromatic heterocycles. The first-order valence-corrected chi connectivity index (χ1v) is 8.69. The van der Waals surface area contributed by atoms with Crippen molar-refractivity contribution in [3.8, 4) is 5.69 Å². The van der Waals surface area contributed by atoms with Crippen LogP contribution >= 0.6 is 0 Å². The first-order valence-electron chi connectivity index (χ1n) is 8.69. The van der Waals surface area contributed by atoms with Gasteiger partial charge in [-0.2, -0.15) is 0 Å². The smallest absolute Gasteiger partial charge is 0.269 e. The molecule has 1 fully saturated rings. The second-order valence-electron chi connectivity index (χ2n) is 7.03. The van der Waals surface area contributed by atoms with Crippen LogP contribution in [0, 0.1) is 0 Å². The number of benzene rings is 1. The van der Waals surface area contributed by atoms with E-state index in [1.807, 2.05) is 34.9 Å². The molecule has 0 bridgehead atoms. The quantitative estimate of drug-likeness (QED) is 0.919. The zero-order valence-electron chi connectivity index (χ0n) is 14.5. The van der Waals surface area contributed by atoms with Crippen LogP contribution < -0.4 is 5.32 Å². The number of aromatic nitrogens is 2. The molecule has 2 aromatic rings. The number of likely N-dealkylation sites (tertiary alicyclic amines) is 1. The van der Waals surface area contributed by atoms with Crippen LogP contribution in [0.5, 0.6) is 0 Å². The van der Waals surface area contributed by atoms with Gasteiger partial charge in [-0.1, -0.05) is 24.6 Å². The molecule has 5 nitrogen and oxygen atoms in total. The summed E-state index contributed by atoms with van der Waals surface area (Å²) >= 11 is 0. The van der Waals surface area contributed by atoms with E-state index in [4.69, 9.17) is 0 Å². The lowest BCUT2D eigenvalue weighted by Gasteiger charge is -2.41. The first kappa shape index (κ1) is 16.7. The fraction of sp³-hybridized carbons (Fsp3) is 0.474. The molecular weight excluding hydrogens is 300 g/mol. The summed E-state index contributed by atoms with van der Waals surface area (Å²) in [5.41, 5.74) is 1.47. The molecule has 1 N–H and O–H groups in total. The van der Waals surface area contributed by atoms with Crippen molar-refractivity contribution in [1.29, 1.82) is 0 Å². The van der Waals surface area contributed by atoms with E-state index < -0.39 is 0 Å². The Morgan fingerprint density at radius 2 is 1.88 bits per heavy atom. The van der Waals surface area contributed by atoms with Crippen molar-refractivity contribution in [3.63, 3.8) is 0 Å². The Kier molecular flexibility index (Phi) is 5.00. The number of hydrogen-bond donors (Lipinski definition) is 1. The number of carbonyl (C=O) groups is 1. The first-order chi connectivity index (χ1) is 11.6. The van der Waals surface area contributed by atoms with Crippen molar-refractivity contribution >= 4 is 5.91 Å². The molecule has 1 aliphatic rings. The van der Waals surface area contributed by atoms with Gasteiger partial charge in [-0.05, 0) is 51.9 Å². The van der Waals surface area contributed by atoms with E-state index in [2.05, 4.69) is 29.0 Å². The maximum atomic E-state index is 12.6. The number of para-hydroxylation sites is 1. The van der Waals surface area contributed by atoms with Crippen molar-refractivity contribution in [2.45, 2.75) is 38.6 Å². The van der Waals surface area contributed by atoms with Crippen LogP contribution in [0.2, 0.25) is 0 Å². The summed E-state index contributed by atoms with van der Waals surface area (Å²) in [6.07, 6.45) is 7.11. The van der Waals surface area contributed by atoms with Crippen molar-refractivity contribution < 1.29 is 4.79 Å². The third-order valence-electron chi connectivity index (χ3n) is 4.80. The van der Waals surface area contributed by atoms with Gasteiger partial charge in [0.2, 0.25) is 0 Å². The number of nitrogens with one attached hydrogen (secondary N) is 1. The SMILES string of the molecule is CC(C)(CNC(=O)c1cncn1-c1ccccc1)N1CCCCC1. The molecule has 1 aromatic carbocycles. The molecule has 24 heavy (non-hydrogen) atoms. The van der Waals surface area contributed by atoms with E-state index in [0.29, 0.717) is 12.2 Å². The van der Waals surface area contributed by atoms with Gasteiger partial charge in [0.25, 0.3) is 5.91 Å². The number of amides is 1. The minimum Gasteiger partial charge on any atom is -0.349 e. The van der Waals surface area contributed by atoms with Crippen LogP contribution in [0.4, 0.5) is 0 Å². The average Bonchev–Trinajstić information content (AvgIpc) is 3.11. The molecule has 0 atom stereocenters. The summed E-state index contributed by atoms with van der Waals surface area (Å²) < 4.78 is 1.82. The summed E-state index contributed by atoms with van der Waals surface area (Å²) in [6, 6.07) is 9.81. The lowest BCUT2D eigenvalue weighted by molar-refractivity contribution is 0.0793. The van der Waals surface area contributed by atoms with E-state index in [1.165, 1.54) is 19.3 Å². The molecule has 0 unspecified atom stereocenters. The van der Waals surface area contributed by atoms with Gasteiger partial charge in [0, 0.05) is 17.8 Å².